The summed E-state index contributed by atoms with van der Waals surface area (Å²) in [5.41, 5.74) is 4.10. The van der Waals surface area contributed by atoms with Crippen LogP contribution in [0.25, 0.3) is 0 Å². The summed E-state index contributed by atoms with van der Waals surface area (Å²) >= 11 is 0. The van der Waals surface area contributed by atoms with E-state index in [9.17, 15) is 0 Å². The summed E-state index contributed by atoms with van der Waals surface area (Å²) in [6.45, 7) is 4.52. The van der Waals surface area contributed by atoms with Gasteiger partial charge < -0.3 is 10.2 Å². The summed E-state index contributed by atoms with van der Waals surface area (Å²) in [7, 11) is 0. The van der Waals surface area contributed by atoms with Crippen molar-refractivity contribution >= 4 is 11.4 Å². The Hall–Kier alpha value is -1.18. The van der Waals surface area contributed by atoms with Gasteiger partial charge in [-0.3, -0.25) is 0 Å². The van der Waals surface area contributed by atoms with E-state index >= 15 is 0 Å². The van der Waals surface area contributed by atoms with Crippen LogP contribution in [0.15, 0.2) is 18.2 Å². The molecular weight excluding hydrogens is 196 g/mol. The van der Waals surface area contributed by atoms with Crippen LogP contribution in [0, 0.1) is 6.92 Å². The van der Waals surface area contributed by atoms with Crippen molar-refractivity contribution in [1.82, 2.24) is 0 Å². The van der Waals surface area contributed by atoms with Crippen molar-refractivity contribution in [1.29, 1.82) is 0 Å². The lowest BCUT2D eigenvalue weighted by atomic mass is 10.0. The van der Waals surface area contributed by atoms with Crippen LogP contribution in [0.1, 0.15) is 31.2 Å². The van der Waals surface area contributed by atoms with Crippen molar-refractivity contribution < 1.29 is 0 Å². The maximum absolute atomic E-state index is 3.59. The second-order valence-corrected chi connectivity index (χ2v) is 5.10. The molecule has 2 heteroatoms. The molecule has 0 radical (unpaired) electrons. The van der Waals surface area contributed by atoms with Crippen LogP contribution in [0.4, 0.5) is 11.4 Å². The summed E-state index contributed by atoms with van der Waals surface area (Å²) in [6, 6.07) is 7.51. The maximum atomic E-state index is 3.59. The van der Waals surface area contributed by atoms with Gasteiger partial charge in [0.25, 0.3) is 0 Å². The maximum Gasteiger partial charge on any atom is 0.0605 e. The predicted octanol–water partition coefficient (Wildman–Crippen LogP) is 3.17. The van der Waals surface area contributed by atoms with Crippen LogP contribution in [0.3, 0.4) is 0 Å². The molecule has 0 spiro atoms. The molecule has 2 aliphatic rings. The van der Waals surface area contributed by atoms with Gasteiger partial charge in [0.05, 0.1) is 11.4 Å². The molecule has 2 aliphatic heterocycles. The van der Waals surface area contributed by atoms with Crippen LogP contribution < -0.4 is 10.2 Å². The number of nitrogens with one attached hydrogen (secondary N) is 1. The van der Waals surface area contributed by atoms with Gasteiger partial charge >= 0.3 is 0 Å². The van der Waals surface area contributed by atoms with E-state index in [1.165, 1.54) is 49.2 Å². The second kappa shape index (κ2) is 4.00. The normalized spacial score (nSPS) is 24.1. The molecule has 16 heavy (non-hydrogen) atoms. The van der Waals surface area contributed by atoms with Gasteiger partial charge in [0.2, 0.25) is 0 Å². The standard InChI is InChI=1S/C14H20N2/c1-11-6-7-14-13(9-11)15-10-12-5-3-2-4-8-16(12)14/h6-7,9,12,15H,2-5,8,10H2,1H3. The molecule has 1 atom stereocenters. The molecule has 0 aliphatic carbocycles. The van der Waals surface area contributed by atoms with Crippen LogP contribution >= 0.6 is 0 Å². The molecule has 0 saturated carbocycles. The van der Waals surface area contributed by atoms with E-state index in [4.69, 9.17) is 0 Å². The molecule has 3 rings (SSSR count). The molecule has 1 fully saturated rings. The molecule has 86 valence electrons. The molecule has 1 saturated heterocycles. The molecule has 1 aromatic rings. The Morgan fingerprint density at radius 3 is 3.12 bits per heavy atom. The monoisotopic (exact) mass is 216 g/mol. The Balaban J connectivity index is 1.97. The first-order valence-corrected chi connectivity index (χ1v) is 6.46. The molecular formula is C14H20N2. The van der Waals surface area contributed by atoms with Crippen molar-refractivity contribution in [2.24, 2.45) is 0 Å². The highest BCUT2D eigenvalue weighted by atomic mass is 15.2. The van der Waals surface area contributed by atoms with Crippen LogP contribution in [0.2, 0.25) is 0 Å². The van der Waals surface area contributed by atoms with E-state index in [1.54, 1.807) is 0 Å². The summed E-state index contributed by atoms with van der Waals surface area (Å²) in [5.74, 6) is 0. The third-order valence-electron chi connectivity index (χ3n) is 3.87. The Morgan fingerprint density at radius 2 is 2.19 bits per heavy atom. The lowest BCUT2D eigenvalue weighted by molar-refractivity contribution is 0.583. The highest BCUT2D eigenvalue weighted by Crippen LogP contribution is 2.35. The minimum atomic E-state index is 0.720. The summed E-state index contributed by atoms with van der Waals surface area (Å²) in [6.07, 6.45) is 5.49. The number of benzene rings is 1. The van der Waals surface area contributed by atoms with E-state index in [-0.39, 0.29) is 0 Å². The van der Waals surface area contributed by atoms with Crippen molar-refractivity contribution in [2.75, 3.05) is 23.3 Å². The second-order valence-electron chi connectivity index (χ2n) is 5.10. The van der Waals surface area contributed by atoms with Crippen molar-refractivity contribution in [3.63, 3.8) is 0 Å². The number of hydrogen-bond acceptors (Lipinski definition) is 2. The van der Waals surface area contributed by atoms with Crippen LogP contribution in [-0.2, 0) is 0 Å². The minimum Gasteiger partial charge on any atom is -0.381 e. The van der Waals surface area contributed by atoms with Crippen molar-refractivity contribution in [3.8, 4) is 0 Å². The zero-order chi connectivity index (χ0) is 11.0. The number of hydrogen-bond donors (Lipinski definition) is 1. The first kappa shape index (κ1) is 10.0. The molecule has 0 amide bonds. The van der Waals surface area contributed by atoms with Crippen LogP contribution in [-0.4, -0.2) is 19.1 Å². The van der Waals surface area contributed by atoms with Gasteiger partial charge in [0.1, 0.15) is 0 Å². The van der Waals surface area contributed by atoms with Gasteiger partial charge in [-0.25, -0.2) is 0 Å². The fourth-order valence-electron chi connectivity index (χ4n) is 2.98. The van der Waals surface area contributed by atoms with E-state index < -0.39 is 0 Å². The number of anilines is 2. The van der Waals surface area contributed by atoms with Gasteiger partial charge in [-0.2, -0.15) is 0 Å². The molecule has 2 nitrogen and oxygen atoms in total. The lowest BCUT2D eigenvalue weighted by Gasteiger charge is -2.38. The summed E-state index contributed by atoms with van der Waals surface area (Å²) < 4.78 is 0. The van der Waals surface area contributed by atoms with E-state index in [1.807, 2.05) is 0 Å². The molecule has 1 N–H and O–H groups in total. The quantitative estimate of drug-likeness (QED) is 0.716. The average Bonchev–Trinajstić information content (AvgIpc) is 2.53. The topological polar surface area (TPSA) is 15.3 Å². The lowest BCUT2D eigenvalue weighted by Crippen LogP contribution is -2.43. The molecule has 1 unspecified atom stereocenters. The minimum absolute atomic E-state index is 0.720. The zero-order valence-corrected chi connectivity index (χ0v) is 10.00. The first-order chi connectivity index (χ1) is 7.84. The summed E-state index contributed by atoms with van der Waals surface area (Å²) in [5, 5.41) is 3.59. The SMILES string of the molecule is Cc1ccc2c(c1)NCC1CCCCCN21. The van der Waals surface area contributed by atoms with Gasteiger partial charge in [-0.05, 0) is 37.5 Å². The summed E-state index contributed by atoms with van der Waals surface area (Å²) in [4.78, 5) is 2.62. The average molecular weight is 216 g/mol. The van der Waals surface area contributed by atoms with E-state index in [0.717, 1.165) is 12.6 Å². The zero-order valence-electron chi connectivity index (χ0n) is 10.00. The largest absolute Gasteiger partial charge is 0.381 e. The third kappa shape index (κ3) is 1.66. The number of rotatable bonds is 0. The molecule has 2 heterocycles. The molecule has 0 aromatic heterocycles. The Morgan fingerprint density at radius 1 is 1.25 bits per heavy atom. The fraction of sp³-hybridized carbons (Fsp3) is 0.571. The van der Waals surface area contributed by atoms with Crippen LogP contribution in [0.5, 0.6) is 0 Å². The smallest absolute Gasteiger partial charge is 0.0605 e. The van der Waals surface area contributed by atoms with Crippen molar-refractivity contribution in [2.45, 2.75) is 38.6 Å². The number of aryl methyl sites for hydroxylation is 1. The first-order valence-electron chi connectivity index (χ1n) is 6.46. The van der Waals surface area contributed by atoms with E-state index in [2.05, 4.69) is 35.3 Å². The Kier molecular flexibility index (Phi) is 2.50. The number of nitrogens with zero attached hydrogens (tertiary/aromatic N) is 1. The highest BCUT2D eigenvalue weighted by molar-refractivity contribution is 5.73. The third-order valence-corrected chi connectivity index (χ3v) is 3.87. The fourth-order valence-corrected chi connectivity index (χ4v) is 2.98. The van der Waals surface area contributed by atoms with Gasteiger partial charge in [0, 0.05) is 19.1 Å². The van der Waals surface area contributed by atoms with Crippen molar-refractivity contribution in [3.05, 3.63) is 23.8 Å². The predicted molar refractivity (Wildman–Crippen MR) is 69.3 cm³/mol. The van der Waals surface area contributed by atoms with Gasteiger partial charge in [-0.1, -0.05) is 18.9 Å². The van der Waals surface area contributed by atoms with Gasteiger partial charge in [-0.15, -0.1) is 0 Å². The molecule has 0 bridgehead atoms. The Labute approximate surface area is 97.6 Å². The molecule has 1 aromatic carbocycles. The Bertz CT molecular complexity index is 386. The number of fused-ring (bicyclic) bond motifs is 3. The highest BCUT2D eigenvalue weighted by Gasteiger charge is 2.26. The van der Waals surface area contributed by atoms with Gasteiger partial charge in [0.15, 0.2) is 0 Å². The van der Waals surface area contributed by atoms with E-state index in [0.29, 0.717) is 0 Å².